The number of rotatable bonds is 5. The van der Waals surface area contributed by atoms with Crippen molar-refractivity contribution in [3.63, 3.8) is 0 Å². The standard InChI is InChI=1S/C20H18O6/c1-12(20(22)24-3)25-15-8-9-18-16(10-15)17(21)11-19(26-18)13-4-6-14(23-2)7-5-13/h4-12H,1-3H3/t12-/m1/s1. The first-order valence-electron chi connectivity index (χ1n) is 7.98. The number of methoxy groups -OCH3 is 2. The fourth-order valence-corrected chi connectivity index (χ4v) is 2.52. The van der Waals surface area contributed by atoms with E-state index >= 15 is 0 Å². The van der Waals surface area contributed by atoms with Gasteiger partial charge in [0.1, 0.15) is 22.8 Å². The van der Waals surface area contributed by atoms with Gasteiger partial charge in [0.25, 0.3) is 0 Å². The van der Waals surface area contributed by atoms with E-state index in [1.54, 1.807) is 44.4 Å². The van der Waals surface area contributed by atoms with Crippen LogP contribution in [0.25, 0.3) is 22.3 Å². The van der Waals surface area contributed by atoms with Crippen LogP contribution in [0.3, 0.4) is 0 Å². The lowest BCUT2D eigenvalue weighted by Gasteiger charge is -2.12. The van der Waals surface area contributed by atoms with Gasteiger partial charge in [-0.2, -0.15) is 0 Å². The minimum absolute atomic E-state index is 0.201. The van der Waals surface area contributed by atoms with Crippen LogP contribution in [0.2, 0.25) is 0 Å². The Labute approximate surface area is 149 Å². The Morgan fingerprint density at radius 2 is 1.69 bits per heavy atom. The zero-order chi connectivity index (χ0) is 18.7. The van der Waals surface area contributed by atoms with Crippen molar-refractivity contribution in [3.8, 4) is 22.8 Å². The van der Waals surface area contributed by atoms with Gasteiger partial charge in [-0.3, -0.25) is 4.79 Å². The molecule has 0 aliphatic heterocycles. The third-order valence-corrected chi connectivity index (χ3v) is 3.92. The van der Waals surface area contributed by atoms with Crippen LogP contribution in [0.4, 0.5) is 0 Å². The largest absolute Gasteiger partial charge is 0.497 e. The van der Waals surface area contributed by atoms with Gasteiger partial charge in [-0.25, -0.2) is 4.79 Å². The molecule has 1 heterocycles. The molecule has 1 aromatic heterocycles. The highest BCUT2D eigenvalue weighted by Gasteiger charge is 2.16. The highest BCUT2D eigenvalue weighted by molar-refractivity contribution is 5.80. The first-order valence-corrected chi connectivity index (χ1v) is 7.98. The Hall–Kier alpha value is -3.28. The Balaban J connectivity index is 1.95. The van der Waals surface area contributed by atoms with Crippen molar-refractivity contribution < 1.29 is 23.4 Å². The number of hydrogen-bond donors (Lipinski definition) is 0. The molecule has 0 saturated carbocycles. The van der Waals surface area contributed by atoms with Gasteiger partial charge in [-0.05, 0) is 49.4 Å². The number of esters is 1. The van der Waals surface area contributed by atoms with E-state index in [0.717, 1.165) is 11.3 Å². The van der Waals surface area contributed by atoms with E-state index in [1.165, 1.54) is 13.2 Å². The summed E-state index contributed by atoms with van der Waals surface area (Å²) < 4.78 is 21.1. The van der Waals surface area contributed by atoms with E-state index in [2.05, 4.69) is 4.74 Å². The zero-order valence-corrected chi connectivity index (χ0v) is 14.6. The molecule has 0 unspecified atom stereocenters. The Bertz CT molecular complexity index is 987. The predicted octanol–water partition coefficient (Wildman–Crippen LogP) is 3.41. The lowest BCUT2D eigenvalue weighted by molar-refractivity contribution is -0.147. The summed E-state index contributed by atoms with van der Waals surface area (Å²) in [7, 11) is 2.88. The van der Waals surface area contributed by atoms with E-state index < -0.39 is 12.1 Å². The van der Waals surface area contributed by atoms with Crippen LogP contribution in [0.5, 0.6) is 11.5 Å². The second kappa shape index (κ2) is 7.31. The summed E-state index contributed by atoms with van der Waals surface area (Å²) in [5, 5.41) is 0.372. The maximum atomic E-state index is 12.5. The number of carbonyl (C=O) groups excluding carboxylic acids is 1. The van der Waals surface area contributed by atoms with Gasteiger partial charge < -0.3 is 18.6 Å². The summed E-state index contributed by atoms with van der Waals surface area (Å²) in [5.74, 6) is 1.08. The maximum absolute atomic E-state index is 12.5. The molecule has 0 radical (unpaired) electrons. The Morgan fingerprint density at radius 3 is 2.35 bits per heavy atom. The van der Waals surface area contributed by atoms with Crippen LogP contribution >= 0.6 is 0 Å². The summed E-state index contributed by atoms with van der Waals surface area (Å²) >= 11 is 0. The van der Waals surface area contributed by atoms with Crippen LogP contribution in [-0.2, 0) is 9.53 Å². The molecule has 0 amide bonds. The van der Waals surface area contributed by atoms with E-state index in [1.807, 2.05) is 12.1 Å². The molecule has 1 atom stereocenters. The topological polar surface area (TPSA) is 75.0 Å². The molecule has 0 aliphatic rings. The van der Waals surface area contributed by atoms with Crippen molar-refractivity contribution in [1.29, 1.82) is 0 Å². The Kier molecular flexibility index (Phi) is 4.93. The van der Waals surface area contributed by atoms with Crippen molar-refractivity contribution in [2.24, 2.45) is 0 Å². The minimum Gasteiger partial charge on any atom is -0.497 e. The first-order chi connectivity index (χ1) is 12.5. The first kappa shape index (κ1) is 17.5. The SMILES string of the molecule is COC(=O)[C@@H](C)Oc1ccc2oc(-c3ccc(OC)cc3)cc(=O)c2c1. The average molecular weight is 354 g/mol. The molecule has 6 heteroatoms. The number of fused-ring (bicyclic) bond motifs is 1. The van der Waals surface area contributed by atoms with Crippen molar-refractivity contribution in [1.82, 2.24) is 0 Å². The minimum atomic E-state index is -0.775. The normalized spacial score (nSPS) is 11.8. The summed E-state index contributed by atoms with van der Waals surface area (Å²) in [6, 6.07) is 13.5. The van der Waals surface area contributed by atoms with Crippen molar-refractivity contribution in [2.45, 2.75) is 13.0 Å². The van der Waals surface area contributed by atoms with E-state index in [4.69, 9.17) is 13.9 Å². The molecule has 134 valence electrons. The molecule has 0 saturated heterocycles. The van der Waals surface area contributed by atoms with Gasteiger partial charge in [0.05, 0.1) is 19.6 Å². The second-order valence-corrected chi connectivity index (χ2v) is 5.64. The lowest BCUT2D eigenvalue weighted by atomic mass is 10.1. The number of carbonyl (C=O) groups is 1. The molecular formula is C20H18O6. The van der Waals surface area contributed by atoms with Gasteiger partial charge in [0.15, 0.2) is 11.5 Å². The molecule has 6 nitrogen and oxygen atoms in total. The van der Waals surface area contributed by atoms with Crippen LogP contribution in [-0.4, -0.2) is 26.3 Å². The Morgan fingerprint density at radius 1 is 1.00 bits per heavy atom. The zero-order valence-electron chi connectivity index (χ0n) is 14.6. The fourth-order valence-electron chi connectivity index (χ4n) is 2.52. The van der Waals surface area contributed by atoms with Crippen LogP contribution in [0, 0.1) is 0 Å². The van der Waals surface area contributed by atoms with Crippen molar-refractivity contribution in [2.75, 3.05) is 14.2 Å². The lowest BCUT2D eigenvalue weighted by Crippen LogP contribution is -2.24. The maximum Gasteiger partial charge on any atom is 0.346 e. The summed E-state index contributed by atoms with van der Waals surface area (Å²) in [6.45, 7) is 1.57. The van der Waals surface area contributed by atoms with Crippen molar-refractivity contribution in [3.05, 3.63) is 58.8 Å². The van der Waals surface area contributed by atoms with Crippen LogP contribution < -0.4 is 14.9 Å². The third kappa shape index (κ3) is 3.54. The van der Waals surface area contributed by atoms with Crippen molar-refractivity contribution >= 4 is 16.9 Å². The van der Waals surface area contributed by atoms with Gasteiger partial charge >= 0.3 is 5.97 Å². The second-order valence-electron chi connectivity index (χ2n) is 5.64. The molecule has 0 bridgehead atoms. The summed E-state index contributed by atoms with van der Waals surface area (Å²) in [4.78, 5) is 23.9. The van der Waals surface area contributed by atoms with E-state index in [9.17, 15) is 9.59 Å². The number of benzene rings is 2. The van der Waals surface area contributed by atoms with E-state index in [0.29, 0.717) is 22.5 Å². The molecule has 0 spiro atoms. The summed E-state index contributed by atoms with van der Waals surface area (Å²) in [5.41, 5.74) is 0.999. The highest BCUT2D eigenvalue weighted by atomic mass is 16.6. The smallest absolute Gasteiger partial charge is 0.346 e. The highest BCUT2D eigenvalue weighted by Crippen LogP contribution is 2.26. The number of hydrogen-bond acceptors (Lipinski definition) is 6. The van der Waals surface area contributed by atoms with E-state index in [-0.39, 0.29) is 5.43 Å². The van der Waals surface area contributed by atoms with Gasteiger partial charge in [-0.1, -0.05) is 0 Å². The molecule has 26 heavy (non-hydrogen) atoms. The van der Waals surface area contributed by atoms with Gasteiger partial charge in [0.2, 0.25) is 0 Å². The molecular weight excluding hydrogens is 336 g/mol. The number of ether oxygens (including phenoxy) is 3. The summed E-state index contributed by atoms with van der Waals surface area (Å²) in [6.07, 6.45) is -0.775. The molecule has 0 fully saturated rings. The molecule has 0 aliphatic carbocycles. The fraction of sp³-hybridized carbons (Fsp3) is 0.200. The molecule has 3 rings (SSSR count). The molecule has 0 N–H and O–H groups in total. The quantitative estimate of drug-likeness (QED) is 0.654. The third-order valence-electron chi connectivity index (χ3n) is 3.92. The average Bonchev–Trinajstić information content (AvgIpc) is 2.67. The van der Waals surface area contributed by atoms with Crippen LogP contribution in [0.1, 0.15) is 6.92 Å². The molecule has 2 aromatic carbocycles. The van der Waals surface area contributed by atoms with Crippen LogP contribution in [0.15, 0.2) is 57.7 Å². The predicted molar refractivity (Wildman–Crippen MR) is 96.6 cm³/mol. The van der Waals surface area contributed by atoms with Gasteiger partial charge in [0, 0.05) is 11.6 Å². The van der Waals surface area contributed by atoms with Gasteiger partial charge in [-0.15, -0.1) is 0 Å². The molecule has 3 aromatic rings. The monoisotopic (exact) mass is 354 g/mol.